The first-order valence-corrected chi connectivity index (χ1v) is 9.16. The maximum absolute atomic E-state index is 12.5. The zero-order chi connectivity index (χ0) is 21.4. The van der Waals surface area contributed by atoms with Crippen LogP contribution in [0, 0.1) is 0 Å². The van der Waals surface area contributed by atoms with Crippen LogP contribution in [-0.4, -0.2) is 39.4 Å². The third kappa shape index (κ3) is 3.30. The molecule has 0 unspecified atom stereocenters. The summed E-state index contributed by atoms with van der Waals surface area (Å²) >= 11 is 0. The summed E-state index contributed by atoms with van der Waals surface area (Å²) in [6.45, 7) is 0.180. The van der Waals surface area contributed by atoms with E-state index in [0.29, 0.717) is 0 Å². The van der Waals surface area contributed by atoms with Crippen molar-refractivity contribution in [2.75, 3.05) is 0 Å². The molecule has 0 aliphatic carbocycles. The molecule has 0 aromatic carbocycles. The van der Waals surface area contributed by atoms with E-state index >= 15 is 0 Å². The summed E-state index contributed by atoms with van der Waals surface area (Å²) in [5.41, 5.74) is 2.12. The number of aromatic nitrogens is 7. The van der Waals surface area contributed by atoms with Crippen LogP contribution < -0.4 is 16.6 Å². The highest BCUT2D eigenvalue weighted by Crippen LogP contribution is 2.18. The number of imidazole rings is 1. The molecule has 0 aliphatic heterocycles. The van der Waals surface area contributed by atoms with Gasteiger partial charge in [-0.15, -0.1) is 0 Å². The van der Waals surface area contributed by atoms with Crippen molar-refractivity contribution in [2.45, 2.75) is 13.1 Å². The lowest BCUT2D eigenvalue weighted by Crippen LogP contribution is -2.38. The van der Waals surface area contributed by atoms with Crippen molar-refractivity contribution in [2.24, 2.45) is 21.1 Å². The number of amides is 1. The Morgan fingerprint density at radius 3 is 2.67 bits per heavy atom. The van der Waals surface area contributed by atoms with Gasteiger partial charge in [-0.2, -0.15) is 5.10 Å². The number of aryl methyl sites for hydroxylation is 2. The molecule has 0 aliphatic rings. The van der Waals surface area contributed by atoms with Gasteiger partial charge in [0.05, 0.1) is 12.0 Å². The molecule has 0 radical (unpaired) electrons. The van der Waals surface area contributed by atoms with Crippen LogP contribution in [0.15, 0.2) is 46.6 Å². The Bertz CT molecular complexity index is 1370. The van der Waals surface area contributed by atoms with Gasteiger partial charge < -0.3 is 9.88 Å². The molecular formula is C19H20N8O3. The predicted octanol–water partition coefficient (Wildman–Crippen LogP) is -0.454. The molecule has 11 heteroatoms. The Morgan fingerprint density at radius 1 is 1.13 bits per heavy atom. The van der Waals surface area contributed by atoms with Gasteiger partial charge in [0.1, 0.15) is 6.54 Å². The van der Waals surface area contributed by atoms with Gasteiger partial charge in [-0.05, 0) is 17.7 Å². The molecule has 30 heavy (non-hydrogen) atoms. The van der Waals surface area contributed by atoms with E-state index < -0.39 is 11.2 Å². The highest BCUT2D eigenvalue weighted by atomic mass is 16.2. The molecule has 11 nitrogen and oxygen atoms in total. The summed E-state index contributed by atoms with van der Waals surface area (Å²) in [5.74, 6) is -0.295. The summed E-state index contributed by atoms with van der Waals surface area (Å²) in [7, 11) is 4.77. The van der Waals surface area contributed by atoms with Gasteiger partial charge in [0, 0.05) is 51.8 Å². The van der Waals surface area contributed by atoms with Crippen LogP contribution in [0.1, 0.15) is 5.56 Å². The molecule has 154 valence electrons. The summed E-state index contributed by atoms with van der Waals surface area (Å²) in [4.78, 5) is 45.3. The van der Waals surface area contributed by atoms with Crippen molar-refractivity contribution in [1.82, 2.24) is 38.8 Å². The van der Waals surface area contributed by atoms with Crippen molar-refractivity contribution in [3.63, 3.8) is 0 Å². The van der Waals surface area contributed by atoms with Crippen molar-refractivity contribution >= 4 is 17.1 Å². The van der Waals surface area contributed by atoms with E-state index in [4.69, 9.17) is 0 Å². The van der Waals surface area contributed by atoms with E-state index in [1.807, 2.05) is 19.2 Å². The number of fused-ring (bicyclic) bond motifs is 1. The topological polar surface area (TPSA) is 122 Å². The number of nitrogens with zero attached hydrogens (tertiary/aromatic N) is 7. The molecule has 4 aromatic heterocycles. The monoisotopic (exact) mass is 408 g/mol. The molecule has 4 heterocycles. The standard InChI is InChI=1S/C19H20N8O3/c1-24-17-16(18(29)25(2)19(24)30)27(11-22-17)10-15(28)21-8-12-6-13(9-20-7-12)14-4-5-23-26(14)3/h4-7,9,11H,8,10H2,1-3H3,(H,21,28). The lowest BCUT2D eigenvalue weighted by molar-refractivity contribution is -0.121. The molecule has 1 N–H and O–H groups in total. The molecule has 0 atom stereocenters. The summed E-state index contributed by atoms with van der Waals surface area (Å²) in [5, 5.41) is 6.97. The smallest absolute Gasteiger partial charge is 0.332 e. The molecule has 1 amide bonds. The van der Waals surface area contributed by atoms with Crippen LogP contribution in [0.4, 0.5) is 0 Å². The Kier molecular flexibility index (Phi) is 4.78. The zero-order valence-electron chi connectivity index (χ0n) is 16.7. The van der Waals surface area contributed by atoms with E-state index in [9.17, 15) is 14.4 Å². The molecule has 4 rings (SSSR count). The first-order chi connectivity index (χ1) is 14.4. The number of rotatable bonds is 5. The van der Waals surface area contributed by atoms with E-state index in [0.717, 1.165) is 21.4 Å². The Morgan fingerprint density at radius 2 is 1.93 bits per heavy atom. The molecule has 0 fully saturated rings. The normalized spacial score (nSPS) is 11.2. The van der Waals surface area contributed by atoms with Gasteiger partial charge in [-0.3, -0.25) is 28.4 Å². The van der Waals surface area contributed by atoms with Crippen molar-refractivity contribution < 1.29 is 4.79 Å². The Balaban J connectivity index is 1.51. The number of hydrogen-bond donors (Lipinski definition) is 1. The van der Waals surface area contributed by atoms with Crippen LogP contribution in [0.25, 0.3) is 22.4 Å². The number of hydrogen-bond acceptors (Lipinski definition) is 6. The first kappa shape index (κ1) is 19.3. The van der Waals surface area contributed by atoms with Crippen LogP contribution in [-0.2, 0) is 39.0 Å². The Hall–Kier alpha value is -4.02. The van der Waals surface area contributed by atoms with Gasteiger partial charge in [-0.25, -0.2) is 9.78 Å². The van der Waals surface area contributed by atoms with E-state index in [1.165, 1.54) is 29.6 Å². The third-order valence-electron chi connectivity index (χ3n) is 4.93. The van der Waals surface area contributed by atoms with Crippen molar-refractivity contribution in [3.05, 3.63) is 63.5 Å². The molecule has 0 saturated carbocycles. The summed E-state index contributed by atoms with van der Waals surface area (Å²) < 4.78 is 5.46. The number of carbonyl (C=O) groups is 1. The van der Waals surface area contributed by atoms with Crippen molar-refractivity contribution in [3.8, 4) is 11.3 Å². The molecule has 0 bridgehead atoms. The zero-order valence-corrected chi connectivity index (χ0v) is 16.7. The lowest BCUT2D eigenvalue weighted by atomic mass is 10.1. The van der Waals surface area contributed by atoms with E-state index in [-0.39, 0.29) is 30.2 Å². The van der Waals surface area contributed by atoms with Crippen molar-refractivity contribution in [1.29, 1.82) is 0 Å². The van der Waals surface area contributed by atoms with Crippen LogP contribution >= 0.6 is 0 Å². The molecule has 0 saturated heterocycles. The van der Waals surface area contributed by atoms with Gasteiger partial charge in [0.2, 0.25) is 5.91 Å². The van der Waals surface area contributed by atoms with Crippen LogP contribution in [0.3, 0.4) is 0 Å². The van der Waals surface area contributed by atoms with Crippen LogP contribution in [0.5, 0.6) is 0 Å². The number of nitrogens with one attached hydrogen (secondary N) is 1. The lowest BCUT2D eigenvalue weighted by Gasteiger charge is -2.09. The molecule has 0 spiro atoms. The fourth-order valence-electron chi connectivity index (χ4n) is 3.31. The van der Waals surface area contributed by atoms with Gasteiger partial charge >= 0.3 is 5.69 Å². The van der Waals surface area contributed by atoms with E-state index in [1.54, 1.807) is 23.3 Å². The minimum absolute atomic E-state index is 0.0984. The number of pyridine rings is 1. The van der Waals surface area contributed by atoms with Gasteiger partial charge in [0.15, 0.2) is 11.2 Å². The third-order valence-corrected chi connectivity index (χ3v) is 4.93. The quantitative estimate of drug-likeness (QED) is 0.477. The molecule has 4 aromatic rings. The average molecular weight is 408 g/mol. The van der Waals surface area contributed by atoms with Gasteiger partial charge in [-0.1, -0.05) is 0 Å². The Labute approximate surface area is 170 Å². The van der Waals surface area contributed by atoms with Gasteiger partial charge in [0.25, 0.3) is 5.56 Å². The maximum Gasteiger partial charge on any atom is 0.332 e. The SMILES string of the molecule is Cn1nccc1-c1cncc(CNC(=O)Cn2cnc3c2c(=O)n(C)c(=O)n3C)c1. The van der Waals surface area contributed by atoms with Crippen LogP contribution in [0.2, 0.25) is 0 Å². The minimum Gasteiger partial charge on any atom is -0.350 e. The summed E-state index contributed by atoms with van der Waals surface area (Å²) in [6, 6.07) is 3.82. The second-order valence-corrected chi connectivity index (χ2v) is 6.95. The largest absolute Gasteiger partial charge is 0.350 e. The second kappa shape index (κ2) is 7.43. The summed E-state index contributed by atoms with van der Waals surface area (Å²) in [6.07, 6.45) is 6.51. The number of carbonyl (C=O) groups excluding carboxylic acids is 1. The highest BCUT2D eigenvalue weighted by molar-refractivity contribution is 5.78. The second-order valence-electron chi connectivity index (χ2n) is 6.95. The fourth-order valence-corrected chi connectivity index (χ4v) is 3.31. The average Bonchev–Trinajstić information content (AvgIpc) is 3.35. The maximum atomic E-state index is 12.5. The first-order valence-electron chi connectivity index (χ1n) is 9.16. The fraction of sp³-hybridized carbons (Fsp3) is 0.263. The van der Waals surface area contributed by atoms with E-state index in [2.05, 4.69) is 20.4 Å². The highest BCUT2D eigenvalue weighted by Gasteiger charge is 2.16. The predicted molar refractivity (Wildman–Crippen MR) is 109 cm³/mol. The minimum atomic E-state index is -0.494. The molecular weight excluding hydrogens is 388 g/mol.